The number of nitrogens with one attached hydrogen (secondary N) is 1. The van der Waals surface area contributed by atoms with Crippen molar-refractivity contribution in [2.75, 3.05) is 0 Å². The summed E-state index contributed by atoms with van der Waals surface area (Å²) in [6.07, 6.45) is 1.55. The van der Waals surface area contributed by atoms with Crippen LogP contribution < -0.4 is 5.56 Å². The van der Waals surface area contributed by atoms with Gasteiger partial charge in [0, 0.05) is 20.0 Å². The predicted octanol–water partition coefficient (Wildman–Crippen LogP) is 5.25. The third-order valence-electron chi connectivity index (χ3n) is 3.44. The molecule has 0 aliphatic carbocycles. The molecule has 0 spiro atoms. The smallest absolute Gasteiger partial charge is 0.280 e. The summed E-state index contributed by atoms with van der Waals surface area (Å²) in [5.41, 5.74) is 2.50. The number of rotatable bonds is 3. The van der Waals surface area contributed by atoms with Crippen LogP contribution in [0.5, 0.6) is 0 Å². The van der Waals surface area contributed by atoms with Crippen molar-refractivity contribution in [2.24, 2.45) is 4.99 Å². The molecule has 0 saturated heterocycles. The van der Waals surface area contributed by atoms with Crippen molar-refractivity contribution in [1.82, 2.24) is 9.78 Å². The first-order valence-electron chi connectivity index (χ1n) is 7.02. The van der Waals surface area contributed by atoms with Crippen molar-refractivity contribution in [3.8, 4) is 5.69 Å². The molecule has 3 aromatic rings. The molecule has 7 heteroatoms. The summed E-state index contributed by atoms with van der Waals surface area (Å²) in [5, 5.41) is 3.60. The third-order valence-corrected chi connectivity index (χ3v) is 4.96. The Hall–Kier alpha value is -1.38. The van der Waals surface area contributed by atoms with Crippen molar-refractivity contribution < 1.29 is 0 Å². The Kier molecular flexibility index (Phi) is 5.27. The number of benzene rings is 2. The lowest BCUT2D eigenvalue weighted by Gasteiger charge is -2.00. The molecule has 122 valence electrons. The fourth-order valence-corrected chi connectivity index (χ4v) is 3.29. The molecule has 0 amide bonds. The van der Waals surface area contributed by atoms with E-state index in [9.17, 15) is 4.79 Å². The van der Waals surface area contributed by atoms with Crippen LogP contribution in [0.3, 0.4) is 0 Å². The second-order valence-corrected chi connectivity index (χ2v) is 7.69. The lowest BCUT2D eigenvalue weighted by Crippen LogP contribution is -2.17. The van der Waals surface area contributed by atoms with E-state index in [1.54, 1.807) is 18.3 Å². The van der Waals surface area contributed by atoms with Crippen LogP contribution in [0, 0.1) is 10.5 Å². The Morgan fingerprint density at radius 1 is 1.25 bits per heavy atom. The molecule has 1 heterocycles. The molecule has 3 rings (SSSR count). The molecule has 24 heavy (non-hydrogen) atoms. The van der Waals surface area contributed by atoms with Gasteiger partial charge in [0.2, 0.25) is 0 Å². The monoisotopic (exact) mass is 515 g/mol. The van der Waals surface area contributed by atoms with Gasteiger partial charge < -0.3 is 0 Å². The van der Waals surface area contributed by atoms with Crippen LogP contribution >= 0.6 is 50.1 Å². The van der Waals surface area contributed by atoms with Crippen LogP contribution in [0.1, 0.15) is 11.3 Å². The van der Waals surface area contributed by atoms with Gasteiger partial charge in [0.15, 0.2) is 0 Å². The minimum absolute atomic E-state index is 0.148. The van der Waals surface area contributed by atoms with Crippen LogP contribution in [-0.2, 0) is 0 Å². The van der Waals surface area contributed by atoms with E-state index in [0.29, 0.717) is 16.3 Å². The quantitative estimate of drug-likeness (QED) is 0.376. The van der Waals surface area contributed by atoms with Gasteiger partial charge in [0.1, 0.15) is 0 Å². The van der Waals surface area contributed by atoms with E-state index in [1.807, 2.05) is 37.3 Å². The zero-order valence-corrected chi connectivity index (χ0v) is 17.1. The second-order valence-electron chi connectivity index (χ2n) is 5.12. The summed E-state index contributed by atoms with van der Waals surface area (Å²) in [5.74, 6) is 0. The second kappa shape index (κ2) is 7.25. The first-order valence-corrected chi connectivity index (χ1v) is 9.27. The van der Waals surface area contributed by atoms with E-state index < -0.39 is 0 Å². The van der Waals surface area contributed by atoms with E-state index in [-0.39, 0.29) is 5.56 Å². The zero-order chi connectivity index (χ0) is 17.3. The number of halogens is 3. The van der Waals surface area contributed by atoms with Crippen molar-refractivity contribution in [2.45, 2.75) is 6.92 Å². The summed E-state index contributed by atoms with van der Waals surface area (Å²) >= 11 is 11.7. The summed E-state index contributed by atoms with van der Waals surface area (Å²) in [6, 6.07) is 13.1. The highest BCUT2D eigenvalue weighted by Gasteiger charge is 2.11. The fourth-order valence-electron chi connectivity index (χ4n) is 2.20. The maximum absolute atomic E-state index is 12.6. The molecule has 0 aliphatic rings. The van der Waals surface area contributed by atoms with Gasteiger partial charge >= 0.3 is 0 Å². The topological polar surface area (TPSA) is 50.1 Å². The van der Waals surface area contributed by atoms with E-state index in [4.69, 9.17) is 11.6 Å². The first-order chi connectivity index (χ1) is 11.5. The average Bonchev–Trinajstić information content (AvgIpc) is 2.82. The zero-order valence-electron chi connectivity index (χ0n) is 12.6. The molecule has 1 N–H and O–H groups in total. The summed E-state index contributed by atoms with van der Waals surface area (Å²) in [6.45, 7) is 1.84. The lowest BCUT2D eigenvalue weighted by molar-refractivity contribution is 0.835. The summed E-state index contributed by atoms with van der Waals surface area (Å²) < 4.78 is 3.50. The number of aromatic nitrogens is 2. The Bertz CT molecular complexity index is 976. The summed E-state index contributed by atoms with van der Waals surface area (Å²) in [7, 11) is 0. The Labute approximate surface area is 165 Å². The van der Waals surface area contributed by atoms with Crippen molar-refractivity contribution in [3.05, 3.63) is 77.1 Å². The van der Waals surface area contributed by atoms with Crippen LogP contribution in [-0.4, -0.2) is 16.0 Å². The first kappa shape index (κ1) is 17.4. The van der Waals surface area contributed by atoms with E-state index in [1.165, 1.54) is 4.68 Å². The number of nitrogens with zero attached hydrogens (tertiary/aromatic N) is 2. The van der Waals surface area contributed by atoms with Gasteiger partial charge in [0.05, 0.1) is 22.0 Å². The maximum Gasteiger partial charge on any atom is 0.280 e. The summed E-state index contributed by atoms with van der Waals surface area (Å²) in [4.78, 5) is 17.0. The highest BCUT2D eigenvalue weighted by Crippen LogP contribution is 2.27. The molecular weight excluding hydrogens is 504 g/mol. The SMILES string of the molecule is Cc1[nH]n(-c2ccc(I)cc2)c(=O)c1C=Nc1ccc(Br)cc1Cl. The molecule has 1 aromatic heterocycles. The Morgan fingerprint density at radius 2 is 1.96 bits per heavy atom. The largest absolute Gasteiger partial charge is 0.295 e. The van der Waals surface area contributed by atoms with Gasteiger partial charge in [-0.3, -0.25) is 14.9 Å². The highest BCUT2D eigenvalue weighted by molar-refractivity contribution is 14.1. The van der Waals surface area contributed by atoms with Gasteiger partial charge in [0.25, 0.3) is 5.56 Å². The van der Waals surface area contributed by atoms with E-state index >= 15 is 0 Å². The number of H-pyrrole nitrogens is 1. The van der Waals surface area contributed by atoms with Crippen LogP contribution in [0.4, 0.5) is 5.69 Å². The van der Waals surface area contributed by atoms with Gasteiger partial charge in [-0.05, 0) is 72.0 Å². The molecule has 0 atom stereocenters. The Balaban J connectivity index is 1.99. The van der Waals surface area contributed by atoms with Crippen molar-refractivity contribution in [1.29, 1.82) is 0 Å². The van der Waals surface area contributed by atoms with Crippen LogP contribution in [0.15, 0.2) is 56.7 Å². The molecule has 0 unspecified atom stereocenters. The minimum Gasteiger partial charge on any atom is -0.295 e. The molecular formula is C17H12BrClIN3O. The molecule has 0 saturated carbocycles. The fraction of sp³-hybridized carbons (Fsp3) is 0.0588. The molecule has 2 aromatic carbocycles. The van der Waals surface area contributed by atoms with Gasteiger partial charge in [-0.25, -0.2) is 4.68 Å². The van der Waals surface area contributed by atoms with Crippen LogP contribution in [0.25, 0.3) is 5.69 Å². The van der Waals surface area contributed by atoms with E-state index in [0.717, 1.165) is 19.4 Å². The van der Waals surface area contributed by atoms with Crippen molar-refractivity contribution in [3.63, 3.8) is 0 Å². The normalized spacial score (nSPS) is 11.3. The number of hydrogen-bond donors (Lipinski definition) is 1. The molecule has 0 fully saturated rings. The van der Waals surface area contributed by atoms with Gasteiger partial charge in [-0.15, -0.1) is 0 Å². The number of aromatic amines is 1. The molecule has 0 bridgehead atoms. The maximum atomic E-state index is 12.6. The van der Waals surface area contributed by atoms with Crippen molar-refractivity contribution >= 4 is 62.0 Å². The lowest BCUT2D eigenvalue weighted by atomic mass is 10.2. The third kappa shape index (κ3) is 3.65. The highest BCUT2D eigenvalue weighted by atomic mass is 127. The number of hydrogen-bond acceptors (Lipinski definition) is 2. The minimum atomic E-state index is -0.148. The van der Waals surface area contributed by atoms with E-state index in [2.05, 4.69) is 48.6 Å². The Morgan fingerprint density at radius 3 is 2.62 bits per heavy atom. The predicted molar refractivity (Wildman–Crippen MR) is 110 cm³/mol. The number of aryl methyl sites for hydroxylation is 1. The molecule has 0 aliphatic heterocycles. The average molecular weight is 517 g/mol. The van der Waals surface area contributed by atoms with Gasteiger partial charge in [-0.2, -0.15) is 0 Å². The van der Waals surface area contributed by atoms with Crippen LogP contribution in [0.2, 0.25) is 5.02 Å². The molecule has 4 nitrogen and oxygen atoms in total. The number of aliphatic imine (C=N–C) groups is 1. The van der Waals surface area contributed by atoms with Gasteiger partial charge in [-0.1, -0.05) is 27.5 Å². The molecule has 0 radical (unpaired) electrons. The standard InChI is InChI=1S/C17H12BrClIN3O/c1-10-14(9-21-16-7-2-11(18)8-15(16)19)17(24)23(22-10)13-5-3-12(20)4-6-13/h2-9,22H,1H3.